The molecule has 146 valence electrons. The van der Waals surface area contributed by atoms with E-state index >= 15 is 0 Å². The summed E-state index contributed by atoms with van der Waals surface area (Å²) in [5.41, 5.74) is 2.61. The van der Waals surface area contributed by atoms with Crippen LogP contribution in [-0.4, -0.2) is 25.1 Å². The summed E-state index contributed by atoms with van der Waals surface area (Å²) in [6, 6.07) is 23.2. The molecule has 0 aliphatic carbocycles. The van der Waals surface area contributed by atoms with Crippen molar-refractivity contribution < 1.29 is 14.3 Å². The summed E-state index contributed by atoms with van der Waals surface area (Å²) in [6.07, 6.45) is 0. The number of thiazole rings is 1. The Bertz CT molecular complexity index is 1050. The third-order valence-electron chi connectivity index (χ3n) is 4.65. The summed E-state index contributed by atoms with van der Waals surface area (Å²) in [7, 11) is 3.18. The number of benzene rings is 3. The Hall–Kier alpha value is -3.38. The average molecular weight is 404 g/mol. The Morgan fingerprint density at radius 2 is 1.45 bits per heavy atom. The zero-order valence-electron chi connectivity index (χ0n) is 16.1. The summed E-state index contributed by atoms with van der Waals surface area (Å²) in [5.74, 6) is 0.691. The van der Waals surface area contributed by atoms with Crippen LogP contribution in [0.15, 0.2) is 72.8 Å². The number of carbonyl (C=O) groups excluding carboxylic acids is 1. The fraction of sp³-hybridized carbons (Fsp3) is 0.130. The highest BCUT2D eigenvalue weighted by molar-refractivity contribution is 7.22. The number of amides is 1. The van der Waals surface area contributed by atoms with Crippen LogP contribution in [0.4, 0.5) is 5.13 Å². The first kappa shape index (κ1) is 19.0. The SMILES string of the molecule is COc1cc2nc(NC(=O)C(c3ccccc3)c3ccccc3)sc2cc1OC. The molecule has 0 saturated heterocycles. The van der Waals surface area contributed by atoms with Crippen LogP contribution in [0.2, 0.25) is 0 Å². The number of anilines is 1. The van der Waals surface area contributed by atoms with Gasteiger partial charge in [-0.15, -0.1) is 0 Å². The van der Waals surface area contributed by atoms with Gasteiger partial charge in [-0.2, -0.15) is 0 Å². The second-order valence-corrected chi connectivity index (χ2v) is 7.47. The number of rotatable bonds is 6. The molecule has 0 aliphatic heterocycles. The number of fused-ring (bicyclic) bond motifs is 1. The molecular formula is C23H20N2O3S. The van der Waals surface area contributed by atoms with E-state index in [0.717, 1.165) is 21.3 Å². The largest absolute Gasteiger partial charge is 0.493 e. The van der Waals surface area contributed by atoms with Gasteiger partial charge in [-0.1, -0.05) is 72.0 Å². The number of hydrogen-bond acceptors (Lipinski definition) is 5. The third-order valence-corrected chi connectivity index (χ3v) is 5.59. The van der Waals surface area contributed by atoms with E-state index in [-0.39, 0.29) is 5.91 Å². The van der Waals surface area contributed by atoms with Gasteiger partial charge >= 0.3 is 0 Å². The van der Waals surface area contributed by atoms with E-state index in [9.17, 15) is 4.79 Å². The van der Waals surface area contributed by atoms with E-state index in [1.807, 2.05) is 72.8 Å². The molecule has 0 aliphatic rings. The maximum atomic E-state index is 13.2. The zero-order chi connectivity index (χ0) is 20.2. The molecule has 0 spiro atoms. The van der Waals surface area contributed by atoms with Crippen LogP contribution in [0.5, 0.6) is 11.5 Å². The van der Waals surface area contributed by atoms with Gasteiger partial charge in [0.15, 0.2) is 16.6 Å². The summed E-state index contributed by atoms with van der Waals surface area (Å²) in [4.78, 5) is 17.8. The predicted molar refractivity (Wildman–Crippen MR) is 116 cm³/mol. The van der Waals surface area contributed by atoms with E-state index in [2.05, 4.69) is 10.3 Å². The second-order valence-electron chi connectivity index (χ2n) is 6.44. The number of hydrogen-bond donors (Lipinski definition) is 1. The van der Waals surface area contributed by atoms with E-state index in [1.165, 1.54) is 11.3 Å². The molecule has 1 heterocycles. The molecule has 3 aromatic carbocycles. The topological polar surface area (TPSA) is 60.5 Å². The maximum absolute atomic E-state index is 13.2. The lowest BCUT2D eigenvalue weighted by Gasteiger charge is -2.16. The molecule has 0 atom stereocenters. The molecule has 6 heteroatoms. The normalized spacial score (nSPS) is 10.9. The minimum Gasteiger partial charge on any atom is -0.493 e. The van der Waals surface area contributed by atoms with Crippen molar-refractivity contribution in [3.8, 4) is 11.5 Å². The lowest BCUT2D eigenvalue weighted by atomic mass is 9.90. The number of carbonyl (C=O) groups is 1. The summed E-state index contributed by atoms with van der Waals surface area (Å²) < 4.78 is 11.6. The molecule has 0 bridgehead atoms. The van der Waals surface area contributed by atoms with Crippen molar-refractivity contribution in [3.05, 3.63) is 83.9 Å². The maximum Gasteiger partial charge on any atom is 0.238 e. The Morgan fingerprint density at radius 1 is 0.897 bits per heavy atom. The Morgan fingerprint density at radius 3 is 2.00 bits per heavy atom. The van der Waals surface area contributed by atoms with Crippen LogP contribution in [0.25, 0.3) is 10.2 Å². The monoisotopic (exact) mass is 404 g/mol. The van der Waals surface area contributed by atoms with Gasteiger partial charge in [-0.3, -0.25) is 4.79 Å². The highest BCUT2D eigenvalue weighted by atomic mass is 32.1. The van der Waals surface area contributed by atoms with Gasteiger partial charge in [0.1, 0.15) is 0 Å². The summed E-state index contributed by atoms with van der Waals surface area (Å²) >= 11 is 1.40. The van der Waals surface area contributed by atoms with E-state index < -0.39 is 5.92 Å². The highest BCUT2D eigenvalue weighted by Crippen LogP contribution is 2.36. The predicted octanol–water partition coefficient (Wildman–Crippen LogP) is 5.08. The lowest BCUT2D eigenvalue weighted by Crippen LogP contribution is -2.22. The number of ether oxygens (including phenoxy) is 2. The van der Waals surface area contributed by atoms with E-state index in [1.54, 1.807) is 14.2 Å². The number of nitrogens with zero attached hydrogens (tertiary/aromatic N) is 1. The van der Waals surface area contributed by atoms with Gasteiger partial charge in [0.25, 0.3) is 0 Å². The summed E-state index contributed by atoms with van der Waals surface area (Å²) in [6.45, 7) is 0. The van der Waals surface area contributed by atoms with Crippen LogP contribution >= 0.6 is 11.3 Å². The molecule has 29 heavy (non-hydrogen) atoms. The number of methoxy groups -OCH3 is 2. The quantitative estimate of drug-likeness (QED) is 0.487. The van der Waals surface area contributed by atoms with Gasteiger partial charge in [-0.05, 0) is 11.1 Å². The van der Waals surface area contributed by atoms with Crippen molar-refractivity contribution in [2.45, 2.75) is 5.92 Å². The first-order valence-electron chi connectivity index (χ1n) is 9.13. The molecule has 5 nitrogen and oxygen atoms in total. The van der Waals surface area contributed by atoms with Gasteiger partial charge in [0.05, 0.1) is 30.4 Å². The van der Waals surface area contributed by atoms with Crippen LogP contribution < -0.4 is 14.8 Å². The zero-order valence-corrected chi connectivity index (χ0v) is 16.9. The van der Waals surface area contributed by atoms with Crippen molar-refractivity contribution in [2.24, 2.45) is 0 Å². The van der Waals surface area contributed by atoms with Crippen LogP contribution in [0.3, 0.4) is 0 Å². The van der Waals surface area contributed by atoms with Crippen molar-refractivity contribution >= 4 is 32.6 Å². The minimum absolute atomic E-state index is 0.125. The fourth-order valence-electron chi connectivity index (χ4n) is 3.27. The molecule has 1 N–H and O–H groups in total. The highest BCUT2D eigenvalue weighted by Gasteiger charge is 2.23. The van der Waals surface area contributed by atoms with Gasteiger partial charge in [0.2, 0.25) is 5.91 Å². The smallest absolute Gasteiger partial charge is 0.238 e. The third kappa shape index (κ3) is 3.93. The van der Waals surface area contributed by atoms with E-state index in [0.29, 0.717) is 16.6 Å². The van der Waals surface area contributed by atoms with Crippen LogP contribution in [0.1, 0.15) is 17.0 Å². The van der Waals surface area contributed by atoms with Crippen LogP contribution in [-0.2, 0) is 4.79 Å². The second kappa shape index (κ2) is 8.32. The van der Waals surface area contributed by atoms with Crippen molar-refractivity contribution in [1.29, 1.82) is 0 Å². The Balaban J connectivity index is 1.67. The molecule has 4 aromatic rings. The first-order chi connectivity index (χ1) is 14.2. The van der Waals surface area contributed by atoms with Gasteiger partial charge in [0, 0.05) is 12.1 Å². The molecule has 1 aromatic heterocycles. The van der Waals surface area contributed by atoms with Crippen molar-refractivity contribution in [1.82, 2.24) is 4.98 Å². The molecule has 4 rings (SSSR count). The lowest BCUT2D eigenvalue weighted by molar-refractivity contribution is -0.116. The minimum atomic E-state index is -0.423. The van der Waals surface area contributed by atoms with E-state index in [4.69, 9.17) is 9.47 Å². The molecule has 0 saturated carbocycles. The molecule has 1 amide bonds. The Kier molecular flexibility index (Phi) is 5.44. The van der Waals surface area contributed by atoms with Crippen molar-refractivity contribution in [2.75, 3.05) is 19.5 Å². The number of aromatic nitrogens is 1. The van der Waals surface area contributed by atoms with Gasteiger partial charge < -0.3 is 14.8 Å². The first-order valence-corrected chi connectivity index (χ1v) is 9.94. The standard InChI is InChI=1S/C23H20N2O3S/c1-27-18-13-17-20(14-19(18)28-2)29-23(24-17)25-22(26)21(15-9-5-3-6-10-15)16-11-7-4-8-12-16/h3-14,21H,1-2H3,(H,24,25,26). The Labute approximate surface area is 172 Å². The number of nitrogens with one attached hydrogen (secondary N) is 1. The molecular weight excluding hydrogens is 384 g/mol. The molecule has 0 fully saturated rings. The van der Waals surface area contributed by atoms with Crippen molar-refractivity contribution in [3.63, 3.8) is 0 Å². The fourth-order valence-corrected chi connectivity index (χ4v) is 4.15. The van der Waals surface area contributed by atoms with Crippen LogP contribution in [0, 0.1) is 0 Å². The molecule has 0 radical (unpaired) electrons. The average Bonchev–Trinajstić information content (AvgIpc) is 3.15. The summed E-state index contributed by atoms with van der Waals surface area (Å²) in [5, 5.41) is 3.53. The molecule has 0 unspecified atom stereocenters. The van der Waals surface area contributed by atoms with Gasteiger partial charge in [-0.25, -0.2) is 4.98 Å².